The molecule has 2 rings (SSSR count). The van der Waals surface area contributed by atoms with Crippen molar-refractivity contribution in [1.82, 2.24) is 10.2 Å². The monoisotopic (exact) mass is 231 g/mol. The zero-order chi connectivity index (χ0) is 11.2. The van der Waals surface area contributed by atoms with E-state index in [1.165, 1.54) is 5.56 Å². The maximum Gasteiger partial charge on any atom is 0.146 e. The molecule has 0 unspecified atom stereocenters. The van der Waals surface area contributed by atoms with Crippen LogP contribution in [0.2, 0.25) is 0 Å². The molecule has 1 aromatic carbocycles. The average molecular weight is 231 g/mol. The molecule has 0 bridgehead atoms. The van der Waals surface area contributed by atoms with Crippen molar-refractivity contribution >= 4 is 17.6 Å². The van der Waals surface area contributed by atoms with Gasteiger partial charge < -0.3 is 5.73 Å². The van der Waals surface area contributed by atoms with Gasteiger partial charge in [-0.25, -0.2) is 0 Å². The van der Waals surface area contributed by atoms with E-state index in [0.717, 1.165) is 17.2 Å². The van der Waals surface area contributed by atoms with Crippen molar-refractivity contribution in [2.45, 2.75) is 11.4 Å². The molecule has 2 N–H and O–H groups in total. The summed E-state index contributed by atoms with van der Waals surface area (Å²) in [5.74, 6) is 1.47. The highest BCUT2D eigenvalue weighted by Gasteiger charge is 1.97. The number of hydrogen-bond acceptors (Lipinski definition) is 4. The van der Waals surface area contributed by atoms with E-state index in [1.807, 2.05) is 12.1 Å². The first-order valence-electron chi connectivity index (χ1n) is 5.10. The number of nitrogens with two attached hydrogens (primary N) is 1. The average Bonchev–Trinajstić information content (AvgIpc) is 2.33. The smallest absolute Gasteiger partial charge is 0.146 e. The maximum absolute atomic E-state index is 5.46. The Labute approximate surface area is 99.1 Å². The zero-order valence-electron chi connectivity index (χ0n) is 8.84. The summed E-state index contributed by atoms with van der Waals surface area (Å²) in [7, 11) is 0. The molecular weight excluding hydrogens is 218 g/mol. The van der Waals surface area contributed by atoms with Crippen LogP contribution in [0.4, 0.5) is 5.82 Å². The molecule has 82 valence electrons. The molecule has 0 spiro atoms. The Balaban J connectivity index is 1.82. The number of hydrogen-bond donors (Lipinski definition) is 1. The van der Waals surface area contributed by atoms with Gasteiger partial charge >= 0.3 is 0 Å². The summed E-state index contributed by atoms with van der Waals surface area (Å²) in [6.07, 6.45) is 1.04. The quantitative estimate of drug-likeness (QED) is 0.821. The third-order valence-corrected chi connectivity index (χ3v) is 3.07. The lowest BCUT2D eigenvalue weighted by atomic mass is 10.2. The molecule has 4 heteroatoms. The highest BCUT2D eigenvalue weighted by molar-refractivity contribution is 7.99. The van der Waals surface area contributed by atoms with E-state index in [1.54, 1.807) is 17.8 Å². The van der Waals surface area contributed by atoms with Gasteiger partial charge in [0.15, 0.2) is 0 Å². The molecule has 0 aliphatic rings. The van der Waals surface area contributed by atoms with Crippen LogP contribution < -0.4 is 5.73 Å². The first-order valence-corrected chi connectivity index (χ1v) is 6.09. The molecule has 16 heavy (non-hydrogen) atoms. The summed E-state index contributed by atoms with van der Waals surface area (Å²) in [5, 5.41) is 8.73. The van der Waals surface area contributed by atoms with Gasteiger partial charge in [-0.3, -0.25) is 0 Å². The number of thioether (sulfide) groups is 1. The fourth-order valence-corrected chi connectivity index (χ4v) is 2.14. The van der Waals surface area contributed by atoms with Crippen LogP contribution in [0.5, 0.6) is 0 Å². The summed E-state index contributed by atoms with van der Waals surface area (Å²) in [6.45, 7) is 0. The Morgan fingerprint density at radius 2 is 1.81 bits per heavy atom. The van der Waals surface area contributed by atoms with Gasteiger partial charge in [0, 0.05) is 5.75 Å². The number of aryl methyl sites for hydroxylation is 1. The molecule has 0 amide bonds. The SMILES string of the molecule is Nc1ccc(SCCc2ccccc2)nn1. The van der Waals surface area contributed by atoms with Gasteiger partial charge in [0.2, 0.25) is 0 Å². The van der Waals surface area contributed by atoms with Crippen LogP contribution in [-0.2, 0) is 6.42 Å². The summed E-state index contributed by atoms with van der Waals surface area (Å²) < 4.78 is 0. The van der Waals surface area contributed by atoms with Crippen LogP contribution in [-0.4, -0.2) is 16.0 Å². The van der Waals surface area contributed by atoms with E-state index in [2.05, 4.69) is 34.5 Å². The van der Waals surface area contributed by atoms with Crippen molar-refractivity contribution < 1.29 is 0 Å². The van der Waals surface area contributed by atoms with Crippen molar-refractivity contribution in [3.05, 3.63) is 48.0 Å². The van der Waals surface area contributed by atoms with E-state index < -0.39 is 0 Å². The van der Waals surface area contributed by atoms with Crippen LogP contribution >= 0.6 is 11.8 Å². The van der Waals surface area contributed by atoms with Gasteiger partial charge in [0.05, 0.1) is 0 Å². The van der Waals surface area contributed by atoms with Crippen molar-refractivity contribution in [2.24, 2.45) is 0 Å². The van der Waals surface area contributed by atoms with Gasteiger partial charge in [-0.1, -0.05) is 30.3 Å². The largest absolute Gasteiger partial charge is 0.382 e. The summed E-state index contributed by atoms with van der Waals surface area (Å²) in [6, 6.07) is 14.1. The fraction of sp³-hybridized carbons (Fsp3) is 0.167. The summed E-state index contributed by atoms with van der Waals surface area (Å²) in [5.41, 5.74) is 6.81. The number of nitrogen functional groups attached to an aromatic ring is 1. The van der Waals surface area contributed by atoms with Crippen LogP contribution in [0.1, 0.15) is 5.56 Å². The Morgan fingerprint density at radius 3 is 2.50 bits per heavy atom. The minimum absolute atomic E-state index is 0.465. The molecule has 0 aliphatic heterocycles. The second-order valence-electron chi connectivity index (χ2n) is 3.38. The standard InChI is InChI=1S/C12H13N3S/c13-11-6-7-12(15-14-11)16-9-8-10-4-2-1-3-5-10/h1-7H,8-9H2,(H2,13,14). The Hall–Kier alpha value is -1.55. The van der Waals surface area contributed by atoms with Crippen molar-refractivity contribution in [2.75, 3.05) is 11.5 Å². The third-order valence-electron chi connectivity index (χ3n) is 2.14. The molecule has 0 aliphatic carbocycles. The number of nitrogens with zero attached hydrogens (tertiary/aromatic N) is 2. The molecule has 3 nitrogen and oxygen atoms in total. The minimum atomic E-state index is 0.465. The van der Waals surface area contributed by atoms with Crippen molar-refractivity contribution in [1.29, 1.82) is 0 Å². The highest BCUT2D eigenvalue weighted by atomic mass is 32.2. The minimum Gasteiger partial charge on any atom is -0.382 e. The zero-order valence-corrected chi connectivity index (χ0v) is 9.65. The van der Waals surface area contributed by atoms with Crippen LogP contribution in [0, 0.1) is 0 Å². The Kier molecular flexibility index (Phi) is 3.77. The molecule has 0 fully saturated rings. The summed E-state index contributed by atoms with van der Waals surface area (Å²) in [4.78, 5) is 0. The van der Waals surface area contributed by atoms with Gasteiger partial charge in [0.25, 0.3) is 0 Å². The van der Waals surface area contributed by atoms with E-state index >= 15 is 0 Å². The van der Waals surface area contributed by atoms with Crippen LogP contribution in [0.25, 0.3) is 0 Å². The second kappa shape index (κ2) is 5.51. The molecule has 2 aromatic rings. The summed E-state index contributed by atoms with van der Waals surface area (Å²) >= 11 is 1.69. The van der Waals surface area contributed by atoms with Gasteiger partial charge in [-0.15, -0.1) is 22.0 Å². The molecule has 0 radical (unpaired) electrons. The number of aromatic nitrogens is 2. The normalized spacial score (nSPS) is 10.2. The van der Waals surface area contributed by atoms with Crippen molar-refractivity contribution in [3.8, 4) is 0 Å². The van der Waals surface area contributed by atoms with Gasteiger partial charge in [-0.05, 0) is 24.1 Å². The molecule has 0 atom stereocenters. The topological polar surface area (TPSA) is 51.8 Å². The van der Waals surface area contributed by atoms with Crippen LogP contribution in [0.3, 0.4) is 0 Å². The molecular formula is C12H13N3S. The molecule has 0 saturated heterocycles. The lowest BCUT2D eigenvalue weighted by molar-refractivity contribution is 0.937. The molecule has 0 saturated carbocycles. The predicted molar refractivity (Wildman–Crippen MR) is 67.3 cm³/mol. The number of rotatable bonds is 4. The molecule has 1 heterocycles. The second-order valence-corrected chi connectivity index (χ2v) is 4.50. The maximum atomic E-state index is 5.46. The van der Waals surface area contributed by atoms with Crippen molar-refractivity contribution in [3.63, 3.8) is 0 Å². The lowest BCUT2D eigenvalue weighted by Gasteiger charge is -2.00. The van der Waals surface area contributed by atoms with Gasteiger partial charge in [-0.2, -0.15) is 0 Å². The lowest BCUT2D eigenvalue weighted by Crippen LogP contribution is -1.94. The molecule has 1 aromatic heterocycles. The Morgan fingerprint density at radius 1 is 1.00 bits per heavy atom. The number of benzene rings is 1. The van der Waals surface area contributed by atoms with E-state index in [-0.39, 0.29) is 0 Å². The number of anilines is 1. The highest BCUT2D eigenvalue weighted by Crippen LogP contribution is 2.16. The first kappa shape index (κ1) is 11.0. The first-order chi connectivity index (χ1) is 7.84. The van der Waals surface area contributed by atoms with E-state index in [9.17, 15) is 0 Å². The van der Waals surface area contributed by atoms with E-state index in [0.29, 0.717) is 5.82 Å². The third kappa shape index (κ3) is 3.24. The van der Waals surface area contributed by atoms with E-state index in [4.69, 9.17) is 5.73 Å². The van der Waals surface area contributed by atoms with Gasteiger partial charge in [0.1, 0.15) is 10.8 Å². The Bertz CT molecular complexity index is 428. The van der Waals surface area contributed by atoms with Crippen LogP contribution in [0.15, 0.2) is 47.5 Å². The predicted octanol–water partition coefficient (Wildman–Crippen LogP) is 2.39. The fourth-order valence-electron chi connectivity index (χ4n) is 1.33.